The smallest absolute Gasteiger partial charge is 0.130 e. The second-order valence-electron chi connectivity index (χ2n) is 4.04. The third kappa shape index (κ3) is 3.23. The predicted octanol–water partition coefficient (Wildman–Crippen LogP) is 5.28. The van der Waals surface area contributed by atoms with Gasteiger partial charge in [0.1, 0.15) is 17.5 Å². The van der Waals surface area contributed by atoms with Crippen LogP contribution in [0.4, 0.5) is 13.2 Å². The van der Waals surface area contributed by atoms with Crippen LogP contribution in [0.1, 0.15) is 16.5 Å². The fourth-order valence-corrected chi connectivity index (χ4v) is 2.34. The van der Waals surface area contributed by atoms with Crippen LogP contribution < -0.4 is 0 Å². The van der Waals surface area contributed by atoms with Crippen molar-refractivity contribution in [2.45, 2.75) is 11.8 Å². The number of hydrogen-bond donors (Lipinski definition) is 0. The van der Waals surface area contributed by atoms with Gasteiger partial charge in [-0.05, 0) is 24.6 Å². The molecule has 1 atom stereocenters. The second-order valence-corrected chi connectivity index (χ2v) is 4.97. The van der Waals surface area contributed by atoms with Crippen molar-refractivity contribution in [1.29, 1.82) is 0 Å². The molecule has 0 spiro atoms. The molecule has 0 fully saturated rings. The first kappa shape index (κ1) is 14.2. The molecule has 2 aromatic rings. The number of benzene rings is 2. The van der Waals surface area contributed by atoms with Gasteiger partial charge in [0.2, 0.25) is 0 Å². The van der Waals surface area contributed by atoms with Crippen molar-refractivity contribution >= 4 is 23.2 Å². The molecule has 0 amide bonds. The van der Waals surface area contributed by atoms with Crippen molar-refractivity contribution in [3.8, 4) is 0 Å². The van der Waals surface area contributed by atoms with Gasteiger partial charge in [-0.25, -0.2) is 13.2 Å². The summed E-state index contributed by atoms with van der Waals surface area (Å²) in [7, 11) is 0. The standard InChI is InChI=1S/C14H9Cl2F3/c15-11-2-1-3-13(18)10(11)7-12(16)9-5-4-8(17)6-14(9)19/h1-6,12H,7H2. The van der Waals surface area contributed by atoms with E-state index < -0.39 is 22.8 Å². The number of rotatable bonds is 3. The molecule has 0 N–H and O–H groups in total. The number of alkyl halides is 1. The van der Waals surface area contributed by atoms with E-state index in [0.717, 1.165) is 12.1 Å². The zero-order valence-electron chi connectivity index (χ0n) is 9.64. The molecule has 0 aliphatic heterocycles. The molecule has 2 rings (SSSR count). The third-order valence-corrected chi connectivity index (χ3v) is 3.49. The molecule has 0 aliphatic carbocycles. The Balaban J connectivity index is 2.28. The summed E-state index contributed by atoms with van der Waals surface area (Å²) in [6.07, 6.45) is 0.0234. The molecule has 0 heterocycles. The van der Waals surface area contributed by atoms with Crippen LogP contribution in [0.5, 0.6) is 0 Å². The first-order valence-corrected chi connectivity index (χ1v) is 6.32. The number of halogens is 5. The van der Waals surface area contributed by atoms with Crippen LogP contribution in [0.3, 0.4) is 0 Å². The maximum Gasteiger partial charge on any atom is 0.130 e. The fraction of sp³-hybridized carbons (Fsp3) is 0.143. The van der Waals surface area contributed by atoms with E-state index in [1.807, 2.05) is 0 Å². The molecule has 0 radical (unpaired) electrons. The molecule has 2 aromatic carbocycles. The topological polar surface area (TPSA) is 0 Å². The Morgan fingerprint density at radius 2 is 1.74 bits per heavy atom. The third-order valence-electron chi connectivity index (χ3n) is 2.74. The van der Waals surface area contributed by atoms with E-state index in [-0.39, 0.29) is 22.6 Å². The summed E-state index contributed by atoms with van der Waals surface area (Å²) in [6.45, 7) is 0. The summed E-state index contributed by atoms with van der Waals surface area (Å²) in [6, 6.07) is 7.36. The monoisotopic (exact) mass is 304 g/mol. The lowest BCUT2D eigenvalue weighted by molar-refractivity contribution is 0.566. The van der Waals surface area contributed by atoms with Crippen LogP contribution in [0.25, 0.3) is 0 Å². The van der Waals surface area contributed by atoms with Gasteiger partial charge in [-0.15, -0.1) is 11.6 Å². The minimum Gasteiger partial charge on any atom is -0.207 e. The van der Waals surface area contributed by atoms with Gasteiger partial charge in [0.05, 0.1) is 5.38 Å². The van der Waals surface area contributed by atoms with Gasteiger partial charge >= 0.3 is 0 Å². The fourth-order valence-electron chi connectivity index (χ4n) is 1.77. The van der Waals surface area contributed by atoms with E-state index in [1.165, 1.54) is 24.3 Å². The Bertz CT molecular complexity index is 579. The number of hydrogen-bond acceptors (Lipinski definition) is 0. The molecule has 0 nitrogen and oxygen atoms in total. The predicted molar refractivity (Wildman–Crippen MR) is 70.1 cm³/mol. The summed E-state index contributed by atoms with van der Waals surface area (Å²) in [5.41, 5.74) is 0.329. The normalized spacial score (nSPS) is 12.5. The summed E-state index contributed by atoms with van der Waals surface area (Å²) < 4.78 is 39.9. The zero-order chi connectivity index (χ0) is 14.0. The average Bonchev–Trinajstić information content (AvgIpc) is 2.33. The quantitative estimate of drug-likeness (QED) is 0.677. The Labute approximate surface area is 118 Å². The Kier molecular flexibility index (Phi) is 4.38. The molecule has 1 unspecified atom stereocenters. The summed E-state index contributed by atoms with van der Waals surface area (Å²) in [5, 5.41) is -0.594. The molecule has 19 heavy (non-hydrogen) atoms. The van der Waals surface area contributed by atoms with E-state index in [4.69, 9.17) is 23.2 Å². The Morgan fingerprint density at radius 3 is 2.37 bits per heavy atom. The van der Waals surface area contributed by atoms with Crippen molar-refractivity contribution < 1.29 is 13.2 Å². The maximum absolute atomic E-state index is 13.6. The SMILES string of the molecule is Fc1ccc(C(Cl)Cc2c(F)cccc2Cl)c(F)c1. The van der Waals surface area contributed by atoms with Crippen molar-refractivity contribution in [3.05, 3.63) is 70.0 Å². The highest BCUT2D eigenvalue weighted by atomic mass is 35.5. The highest BCUT2D eigenvalue weighted by Crippen LogP contribution is 2.31. The van der Waals surface area contributed by atoms with Crippen LogP contribution in [0, 0.1) is 17.5 Å². The van der Waals surface area contributed by atoms with E-state index in [0.29, 0.717) is 0 Å². The molecule has 0 saturated heterocycles. The summed E-state index contributed by atoms with van der Waals surface area (Å²) in [4.78, 5) is 0. The first-order chi connectivity index (χ1) is 8.99. The highest BCUT2D eigenvalue weighted by molar-refractivity contribution is 6.31. The Hall–Kier alpha value is -1.19. The maximum atomic E-state index is 13.6. The van der Waals surface area contributed by atoms with Crippen molar-refractivity contribution in [1.82, 2.24) is 0 Å². The lowest BCUT2D eigenvalue weighted by Gasteiger charge is -2.13. The molecule has 100 valence electrons. The van der Waals surface area contributed by atoms with Gasteiger partial charge in [0.15, 0.2) is 0 Å². The lowest BCUT2D eigenvalue weighted by atomic mass is 10.0. The largest absolute Gasteiger partial charge is 0.207 e. The molecule has 0 aliphatic rings. The van der Waals surface area contributed by atoms with Gasteiger partial charge < -0.3 is 0 Å². The second kappa shape index (κ2) is 5.85. The van der Waals surface area contributed by atoms with E-state index in [2.05, 4.69) is 0 Å². The van der Waals surface area contributed by atoms with Gasteiger partial charge in [-0.2, -0.15) is 0 Å². The summed E-state index contributed by atoms with van der Waals surface area (Å²) in [5.74, 6) is -1.94. The van der Waals surface area contributed by atoms with Crippen LogP contribution in [0.2, 0.25) is 5.02 Å². The van der Waals surface area contributed by atoms with Crippen LogP contribution in [0.15, 0.2) is 36.4 Å². The molecule has 0 aromatic heterocycles. The van der Waals surface area contributed by atoms with Gasteiger partial charge in [0, 0.05) is 22.2 Å². The van der Waals surface area contributed by atoms with Gasteiger partial charge in [0.25, 0.3) is 0 Å². The van der Waals surface area contributed by atoms with Crippen LogP contribution in [-0.2, 0) is 6.42 Å². The van der Waals surface area contributed by atoms with Gasteiger partial charge in [-0.1, -0.05) is 23.7 Å². The van der Waals surface area contributed by atoms with E-state index >= 15 is 0 Å². The molecule has 0 bridgehead atoms. The van der Waals surface area contributed by atoms with Gasteiger partial charge in [-0.3, -0.25) is 0 Å². The molecular formula is C14H9Cl2F3. The van der Waals surface area contributed by atoms with Crippen molar-refractivity contribution in [2.75, 3.05) is 0 Å². The highest BCUT2D eigenvalue weighted by Gasteiger charge is 2.18. The molecule has 0 saturated carbocycles. The van der Waals surface area contributed by atoms with Crippen molar-refractivity contribution in [2.24, 2.45) is 0 Å². The molecular weight excluding hydrogens is 296 g/mol. The minimum absolute atomic E-state index is 0.0234. The lowest BCUT2D eigenvalue weighted by Crippen LogP contribution is -2.02. The van der Waals surface area contributed by atoms with E-state index in [9.17, 15) is 13.2 Å². The minimum atomic E-state index is -0.824. The summed E-state index contributed by atoms with van der Waals surface area (Å²) >= 11 is 11.9. The average molecular weight is 305 g/mol. The van der Waals surface area contributed by atoms with Crippen LogP contribution in [-0.4, -0.2) is 0 Å². The Morgan fingerprint density at radius 1 is 1.00 bits per heavy atom. The van der Waals surface area contributed by atoms with Crippen molar-refractivity contribution in [3.63, 3.8) is 0 Å². The first-order valence-electron chi connectivity index (χ1n) is 5.51. The van der Waals surface area contributed by atoms with E-state index in [1.54, 1.807) is 0 Å². The van der Waals surface area contributed by atoms with Crippen LogP contribution >= 0.6 is 23.2 Å². The zero-order valence-corrected chi connectivity index (χ0v) is 11.2. The molecule has 5 heteroatoms.